The van der Waals surface area contributed by atoms with Crippen LogP contribution < -0.4 is 22.0 Å². The van der Waals surface area contributed by atoms with Crippen molar-refractivity contribution in [1.29, 1.82) is 0 Å². The summed E-state index contributed by atoms with van der Waals surface area (Å²) in [7, 11) is 1.51. The third-order valence-corrected chi connectivity index (χ3v) is 10.4. The molecule has 1 amide bonds. The van der Waals surface area contributed by atoms with E-state index in [1.807, 2.05) is 0 Å². The fourth-order valence-electron chi connectivity index (χ4n) is 7.29. The molecule has 7 rings (SSSR count). The van der Waals surface area contributed by atoms with Crippen molar-refractivity contribution < 1.29 is 36.9 Å². The number of anilines is 1. The molecule has 19 heteroatoms. The number of pyridine rings is 2. The van der Waals surface area contributed by atoms with Crippen LogP contribution in [0.3, 0.4) is 0 Å². The van der Waals surface area contributed by atoms with Crippen molar-refractivity contribution in [2.45, 2.75) is 51.4 Å². The average Bonchev–Trinajstić information content (AvgIpc) is 3.62. The van der Waals surface area contributed by atoms with Crippen LogP contribution in [0, 0.1) is 19.7 Å². The largest absolute Gasteiger partial charge is 0.411 e. The first-order valence-corrected chi connectivity index (χ1v) is 18.2. The number of alkyl halides is 3. The number of carbonyl (C=O) groups is 1. The Morgan fingerprint density at radius 1 is 1.10 bits per heavy atom. The summed E-state index contributed by atoms with van der Waals surface area (Å²) in [5.74, 6) is 4.97. The van der Waals surface area contributed by atoms with Crippen molar-refractivity contribution in [2.24, 2.45) is 12.9 Å². The van der Waals surface area contributed by atoms with Crippen LogP contribution in [0.4, 0.5) is 23.2 Å². The number of nitrogens with two attached hydrogens (primary N) is 1. The molecule has 304 valence electrons. The van der Waals surface area contributed by atoms with E-state index in [0.717, 1.165) is 15.5 Å². The van der Waals surface area contributed by atoms with Crippen molar-refractivity contribution >= 4 is 33.4 Å². The summed E-state index contributed by atoms with van der Waals surface area (Å²) in [6, 6.07) is 6.63. The number of imidazole rings is 1. The number of amides is 1. The van der Waals surface area contributed by atoms with Crippen LogP contribution >= 0.6 is 0 Å². The second kappa shape index (κ2) is 16.1. The predicted octanol–water partition coefficient (Wildman–Crippen LogP) is 3.31. The second-order valence-corrected chi connectivity index (χ2v) is 13.9. The monoisotopic (exact) mass is 805 g/mol. The van der Waals surface area contributed by atoms with Gasteiger partial charge < -0.3 is 24.0 Å². The number of rotatable bonds is 11. The first kappa shape index (κ1) is 40.2. The molecule has 1 aliphatic heterocycles. The number of fused-ring (bicyclic) bond motifs is 2. The molecular formula is C39H39F4N9O6. The van der Waals surface area contributed by atoms with Crippen molar-refractivity contribution in [2.75, 3.05) is 31.3 Å². The van der Waals surface area contributed by atoms with Crippen LogP contribution in [0.5, 0.6) is 0 Å². The standard InChI is InChI=1S/C39H39F4N9O6/c1-22-17-25(50-14-15-57-21-32(50)39(41,42)43)19-28(40)33(22)36(54)52(44)30(37(55)58-16-13-49-12-11-46-23(49)2)18-24-6-7-29(34-26(24)5-4-9-47-34)51-35(53)27-8-10-45-20-31(27)48(3)38(51)56/h4-12,17,19-20,30,32,37,55H,13-16,18,21,44H2,1-3H3/t30-,32+,37?/m0/s1. The number of hydrazine groups is 1. The van der Waals surface area contributed by atoms with E-state index in [1.54, 1.807) is 42.1 Å². The van der Waals surface area contributed by atoms with Gasteiger partial charge in [0.15, 0.2) is 6.29 Å². The summed E-state index contributed by atoms with van der Waals surface area (Å²) in [4.78, 5) is 55.1. The van der Waals surface area contributed by atoms with Crippen molar-refractivity contribution in [3.63, 3.8) is 0 Å². The number of aryl methyl sites for hydroxylation is 3. The van der Waals surface area contributed by atoms with Crippen LogP contribution in [-0.4, -0.2) is 95.6 Å². The molecule has 0 aliphatic carbocycles. The van der Waals surface area contributed by atoms with Crippen molar-refractivity contribution in [3.8, 4) is 5.69 Å². The minimum absolute atomic E-state index is 0.00444. The molecule has 1 unspecified atom stereocenters. The lowest BCUT2D eigenvalue weighted by atomic mass is 9.98. The maximum atomic E-state index is 16.0. The first-order chi connectivity index (χ1) is 27.7. The number of aliphatic hydroxyl groups is 1. The Labute approximate surface area is 327 Å². The van der Waals surface area contributed by atoms with Gasteiger partial charge in [0.1, 0.15) is 23.7 Å². The molecular weight excluding hydrogens is 766 g/mol. The van der Waals surface area contributed by atoms with Gasteiger partial charge in [-0.3, -0.25) is 29.1 Å². The highest BCUT2D eigenvalue weighted by atomic mass is 19.4. The zero-order valence-corrected chi connectivity index (χ0v) is 31.6. The lowest BCUT2D eigenvalue weighted by Crippen LogP contribution is -2.54. The number of nitrogens with zero attached hydrogens (tertiary/aromatic N) is 8. The lowest BCUT2D eigenvalue weighted by molar-refractivity contribution is -0.167. The van der Waals surface area contributed by atoms with Gasteiger partial charge in [-0.05, 0) is 55.3 Å². The van der Waals surface area contributed by atoms with Crippen molar-refractivity contribution in [1.82, 2.24) is 33.7 Å². The summed E-state index contributed by atoms with van der Waals surface area (Å²) in [6.45, 7) is 2.57. The van der Waals surface area contributed by atoms with Crippen LogP contribution in [0.15, 0.2) is 83.0 Å². The smallest absolute Gasteiger partial charge is 0.377 e. The summed E-state index contributed by atoms with van der Waals surface area (Å²) in [5.41, 5.74) is -0.646. The molecule has 0 spiro atoms. The van der Waals surface area contributed by atoms with E-state index in [4.69, 9.17) is 15.3 Å². The molecule has 1 saturated heterocycles. The second-order valence-electron chi connectivity index (χ2n) is 13.9. The zero-order chi connectivity index (χ0) is 41.5. The van der Waals surface area contributed by atoms with Gasteiger partial charge in [-0.1, -0.05) is 12.1 Å². The van der Waals surface area contributed by atoms with Gasteiger partial charge in [0, 0.05) is 62.4 Å². The van der Waals surface area contributed by atoms with E-state index in [-0.39, 0.29) is 60.6 Å². The molecule has 1 aliphatic rings. The minimum Gasteiger partial charge on any atom is -0.377 e. The van der Waals surface area contributed by atoms with E-state index in [9.17, 15) is 32.7 Å². The van der Waals surface area contributed by atoms with Gasteiger partial charge in [0.05, 0.1) is 53.7 Å². The Kier molecular flexibility index (Phi) is 11.1. The quantitative estimate of drug-likeness (QED) is 0.0647. The summed E-state index contributed by atoms with van der Waals surface area (Å²) < 4.78 is 72.5. The molecule has 4 aromatic heterocycles. The third kappa shape index (κ3) is 7.55. The van der Waals surface area contributed by atoms with Crippen LogP contribution in [0.2, 0.25) is 0 Å². The van der Waals surface area contributed by atoms with Crippen molar-refractivity contribution in [3.05, 3.63) is 123 Å². The first-order valence-electron chi connectivity index (χ1n) is 18.2. The number of morpholine rings is 1. The Morgan fingerprint density at radius 3 is 2.62 bits per heavy atom. The molecule has 15 nitrogen and oxygen atoms in total. The van der Waals surface area contributed by atoms with E-state index in [2.05, 4.69) is 15.0 Å². The number of carbonyl (C=O) groups excluding carboxylic acids is 1. The maximum Gasteiger partial charge on any atom is 0.411 e. The Bertz CT molecular complexity index is 2600. The summed E-state index contributed by atoms with van der Waals surface area (Å²) in [5, 5.41) is 12.9. The fourth-order valence-corrected chi connectivity index (χ4v) is 7.29. The molecule has 58 heavy (non-hydrogen) atoms. The van der Waals surface area contributed by atoms with Gasteiger partial charge in [0.2, 0.25) is 0 Å². The number of hydrogen-bond donors (Lipinski definition) is 2. The number of aromatic nitrogens is 6. The molecule has 0 bridgehead atoms. The van der Waals surface area contributed by atoms with Gasteiger partial charge in [-0.25, -0.2) is 24.6 Å². The Hall–Kier alpha value is -6.02. The number of halogens is 4. The Balaban J connectivity index is 1.25. The summed E-state index contributed by atoms with van der Waals surface area (Å²) in [6.07, 6.45) is 1.03. The predicted molar refractivity (Wildman–Crippen MR) is 204 cm³/mol. The number of ether oxygens (including phenoxy) is 2. The molecule has 2 aromatic carbocycles. The highest BCUT2D eigenvalue weighted by molar-refractivity contribution is 5.96. The molecule has 3 N–H and O–H groups in total. The molecule has 3 atom stereocenters. The highest BCUT2D eigenvalue weighted by Crippen LogP contribution is 2.34. The maximum absolute atomic E-state index is 16.0. The topological polar surface area (TPSA) is 176 Å². The number of hydrogen-bond acceptors (Lipinski definition) is 11. The number of aliphatic hydroxyl groups excluding tert-OH is 1. The van der Waals surface area contributed by atoms with E-state index in [0.29, 0.717) is 27.3 Å². The molecule has 5 heterocycles. The molecule has 6 aromatic rings. The van der Waals surface area contributed by atoms with Crippen LogP contribution in [-0.2, 0) is 29.5 Å². The van der Waals surface area contributed by atoms with Gasteiger partial charge in [-0.15, -0.1) is 0 Å². The van der Waals surface area contributed by atoms with Gasteiger partial charge in [0.25, 0.3) is 11.5 Å². The van der Waals surface area contributed by atoms with Crippen LogP contribution in [0.1, 0.15) is 27.3 Å². The number of benzene rings is 2. The van der Waals surface area contributed by atoms with E-state index in [1.165, 1.54) is 55.3 Å². The highest BCUT2D eigenvalue weighted by Gasteiger charge is 2.46. The molecule has 1 fully saturated rings. The minimum atomic E-state index is -4.66. The van der Waals surface area contributed by atoms with Gasteiger partial charge in [-0.2, -0.15) is 13.2 Å². The van der Waals surface area contributed by atoms with E-state index < -0.39 is 59.7 Å². The summed E-state index contributed by atoms with van der Waals surface area (Å²) >= 11 is 0. The zero-order valence-electron chi connectivity index (χ0n) is 31.6. The van der Waals surface area contributed by atoms with E-state index >= 15 is 4.39 Å². The molecule has 0 saturated carbocycles. The fraction of sp³-hybridized carbons (Fsp3) is 0.333. The van der Waals surface area contributed by atoms with Gasteiger partial charge >= 0.3 is 11.9 Å². The average molecular weight is 806 g/mol. The normalized spacial score (nSPS) is 15.9. The SMILES string of the molecule is Cc1cc(N2CCOC[C@@H]2C(F)(F)F)cc(F)c1C(=O)N(N)[C@@H](Cc1ccc(-n2c(=O)c3ccncc3n(C)c2=O)c2ncccc12)C(O)OCCn1ccnc1C. The Morgan fingerprint density at radius 2 is 1.90 bits per heavy atom. The third-order valence-electron chi connectivity index (χ3n) is 10.4. The lowest BCUT2D eigenvalue weighted by Gasteiger charge is -2.38. The molecule has 0 radical (unpaired) electrons. The van der Waals surface area contributed by atoms with Crippen LogP contribution in [0.25, 0.3) is 27.5 Å².